The summed E-state index contributed by atoms with van der Waals surface area (Å²) < 4.78 is 25.8. The first kappa shape index (κ1) is 13.1. The van der Waals surface area contributed by atoms with Gasteiger partial charge in [0.05, 0.1) is 6.54 Å². The molecule has 0 bridgehead atoms. The standard InChI is InChI=1S/C8H15F2NO.ClH/c1-2-4-11-5-3-7(12)8(9,10)6-11;/h7,12H,2-6H2,1H3;1H. The van der Waals surface area contributed by atoms with Crippen LogP contribution < -0.4 is 0 Å². The highest BCUT2D eigenvalue weighted by molar-refractivity contribution is 5.85. The second kappa shape index (κ2) is 5.08. The summed E-state index contributed by atoms with van der Waals surface area (Å²) in [5, 5.41) is 8.95. The number of aliphatic hydroxyl groups is 1. The predicted molar refractivity (Wildman–Crippen MR) is 49.5 cm³/mol. The molecule has 0 aliphatic carbocycles. The van der Waals surface area contributed by atoms with E-state index in [-0.39, 0.29) is 25.4 Å². The molecular formula is C8H16ClF2NO. The van der Waals surface area contributed by atoms with E-state index in [0.717, 1.165) is 6.42 Å². The van der Waals surface area contributed by atoms with Crippen LogP contribution in [0.15, 0.2) is 0 Å². The summed E-state index contributed by atoms with van der Waals surface area (Å²) in [5.74, 6) is -2.91. The van der Waals surface area contributed by atoms with Crippen LogP contribution in [0.5, 0.6) is 0 Å². The fraction of sp³-hybridized carbons (Fsp3) is 1.00. The van der Waals surface area contributed by atoms with Gasteiger partial charge < -0.3 is 5.11 Å². The zero-order valence-corrected chi connectivity index (χ0v) is 8.49. The number of hydrogen-bond donors (Lipinski definition) is 1. The van der Waals surface area contributed by atoms with E-state index >= 15 is 0 Å². The molecule has 0 aromatic carbocycles. The first-order valence-electron chi connectivity index (χ1n) is 4.34. The van der Waals surface area contributed by atoms with Crippen LogP contribution in [0.3, 0.4) is 0 Å². The van der Waals surface area contributed by atoms with Crippen LogP contribution in [0.4, 0.5) is 8.78 Å². The molecule has 0 saturated carbocycles. The summed E-state index contributed by atoms with van der Waals surface area (Å²) in [6.45, 7) is 2.96. The highest BCUT2D eigenvalue weighted by atomic mass is 35.5. The van der Waals surface area contributed by atoms with Crippen LogP contribution in [-0.4, -0.2) is 41.7 Å². The average Bonchev–Trinajstić information content (AvgIpc) is 1.97. The van der Waals surface area contributed by atoms with Crippen LogP contribution in [0.1, 0.15) is 19.8 Å². The van der Waals surface area contributed by atoms with Gasteiger partial charge in [-0.15, -0.1) is 12.4 Å². The topological polar surface area (TPSA) is 23.5 Å². The molecule has 1 atom stereocenters. The Morgan fingerprint density at radius 2 is 2.15 bits per heavy atom. The molecule has 0 aromatic heterocycles. The normalized spacial score (nSPS) is 28.2. The molecule has 5 heteroatoms. The van der Waals surface area contributed by atoms with Crippen LogP contribution >= 0.6 is 12.4 Å². The molecule has 0 amide bonds. The summed E-state index contributed by atoms with van der Waals surface area (Å²) in [6.07, 6.45) is -0.371. The van der Waals surface area contributed by atoms with Gasteiger partial charge in [-0.3, -0.25) is 4.90 Å². The van der Waals surface area contributed by atoms with Crippen LogP contribution in [-0.2, 0) is 0 Å². The van der Waals surface area contributed by atoms with Gasteiger partial charge in [-0.05, 0) is 19.4 Å². The Labute approximate surface area is 83.3 Å². The van der Waals surface area contributed by atoms with Crippen LogP contribution in [0.25, 0.3) is 0 Å². The van der Waals surface area contributed by atoms with E-state index in [1.807, 2.05) is 6.92 Å². The second-order valence-corrected chi connectivity index (χ2v) is 3.34. The monoisotopic (exact) mass is 215 g/mol. The van der Waals surface area contributed by atoms with E-state index in [1.54, 1.807) is 4.90 Å². The molecule has 1 fully saturated rings. The average molecular weight is 216 g/mol. The fourth-order valence-corrected chi connectivity index (χ4v) is 1.51. The molecule has 2 nitrogen and oxygen atoms in total. The number of hydrogen-bond acceptors (Lipinski definition) is 2. The molecular weight excluding hydrogens is 200 g/mol. The minimum absolute atomic E-state index is 0. The molecule has 0 radical (unpaired) electrons. The van der Waals surface area contributed by atoms with Gasteiger partial charge in [-0.25, -0.2) is 8.78 Å². The third-order valence-electron chi connectivity index (χ3n) is 2.18. The van der Waals surface area contributed by atoms with Crippen molar-refractivity contribution in [2.75, 3.05) is 19.6 Å². The number of likely N-dealkylation sites (tertiary alicyclic amines) is 1. The van der Waals surface area contributed by atoms with Gasteiger partial charge >= 0.3 is 0 Å². The van der Waals surface area contributed by atoms with E-state index in [1.165, 1.54) is 0 Å². The Morgan fingerprint density at radius 3 is 2.62 bits per heavy atom. The molecule has 80 valence electrons. The molecule has 1 saturated heterocycles. The maximum Gasteiger partial charge on any atom is 0.285 e. The SMILES string of the molecule is CCCN1CCC(O)C(F)(F)C1.Cl. The Kier molecular flexibility index (Phi) is 5.10. The minimum atomic E-state index is -2.91. The van der Waals surface area contributed by atoms with Gasteiger partial charge in [-0.2, -0.15) is 0 Å². The van der Waals surface area contributed by atoms with E-state index in [9.17, 15) is 8.78 Å². The molecule has 1 N–H and O–H groups in total. The Bertz CT molecular complexity index is 157. The van der Waals surface area contributed by atoms with Gasteiger partial charge in [-0.1, -0.05) is 6.92 Å². The lowest BCUT2D eigenvalue weighted by molar-refractivity contribution is -0.149. The third-order valence-corrected chi connectivity index (χ3v) is 2.18. The van der Waals surface area contributed by atoms with Gasteiger partial charge in [0, 0.05) is 6.54 Å². The minimum Gasteiger partial charge on any atom is -0.387 e. The molecule has 13 heavy (non-hydrogen) atoms. The van der Waals surface area contributed by atoms with Crippen molar-refractivity contribution in [3.05, 3.63) is 0 Å². The molecule has 1 rings (SSSR count). The summed E-state index contributed by atoms with van der Waals surface area (Å²) in [7, 11) is 0. The lowest BCUT2D eigenvalue weighted by Crippen LogP contribution is -2.51. The number of nitrogens with zero attached hydrogens (tertiary/aromatic N) is 1. The highest BCUT2D eigenvalue weighted by Gasteiger charge is 2.43. The molecule has 1 heterocycles. The van der Waals surface area contributed by atoms with Crippen molar-refractivity contribution in [2.45, 2.75) is 31.8 Å². The zero-order valence-electron chi connectivity index (χ0n) is 7.67. The van der Waals surface area contributed by atoms with Crippen molar-refractivity contribution in [3.63, 3.8) is 0 Å². The number of piperidine rings is 1. The quantitative estimate of drug-likeness (QED) is 0.755. The molecule has 0 spiro atoms. The fourth-order valence-electron chi connectivity index (χ4n) is 1.51. The second-order valence-electron chi connectivity index (χ2n) is 3.34. The lowest BCUT2D eigenvalue weighted by atomic mass is 10.0. The maximum atomic E-state index is 12.9. The van der Waals surface area contributed by atoms with Gasteiger partial charge in [0.1, 0.15) is 6.10 Å². The van der Waals surface area contributed by atoms with E-state index in [0.29, 0.717) is 13.1 Å². The van der Waals surface area contributed by atoms with Crippen molar-refractivity contribution in [2.24, 2.45) is 0 Å². The number of aliphatic hydroxyl groups excluding tert-OH is 1. The maximum absolute atomic E-state index is 12.9. The van der Waals surface area contributed by atoms with Crippen molar-refractivity contribution < 1.29 is 13.9 Å². The smallest absolute Gasteiger partial charge is 0.285 e. The summed E-state index contributed by atoms with van der Waals surface area (Å²) in [5.41, 5.74) is 0. The first-order valence-corrected chi connectivity index (χ1v) is 4.34. The predicted octanol–water partition coefficient (Wildman–Crippen LogP) is 1.52. The molecule has 1 aliphatic heterocycles. The molecule has 1 aliphatic rings. The van der Waals surface area contributed by atoms with E-state index < -0.39 is 12.0 Å². The van der Waals surface area contributed by atoms with Crippen molar-refractivity contribution in [3.8, 4) is 0 Å². The van der Waals surface area contributed by atoms with Crippen molar-refractivity contribution in [1.29, 1.82) is 0 Å². The first-order chi connectivity index (χ1) is 5.56. The zero-order chi connectivity index (χ0) is 9.19. The van der Waals surface area contributed by atoms with E-state index in [4.69, 9.17) is 5.11 Å². The Hall–Kier alpha value is 0.0700. The van der Waals surface area contributed by atoms with Crippen molar-refractivity contribution >= 4 is 12.4 Å². The highest BCUT2D eigenvalue weighted by Crippen LogP contribution is 2.26. The molecule has 1 unspecified atom stereocenters. The van der Waals surface area contributed by atoms with Gasteiger partial charge in [0.25, 0.3) is 5.92 Å². The van der Waals surface area contributed by atoms with Crippen molar-refractivity contribution in [1.82, 2.24) is 4.90 Å². The van der Waals surface area contributed by atoms with Crippen LogP contribution in [0.2, 0.25) is 0 Å². The van der Waals surface area contributed by atoms with E-state index in [2.05, 4.69) is 0 Å². The third kappa shape index (κ3) is 3.37. The summed E-state index contributed by atoms with van der Waals surface area (Å²) >= 11 is 0. The summed E-state index contributed by atoms with van der Waals surface area (Å²) in [6, 6.07) is 0. The Morgan fingerprint density at radius 1 is 1.54 bits per heavy atom. The largest absolute Gasteiger partial charge is 0.387 e. The van der Waals surface area contributed by atoms with Crippen LogP contribution in [0, 0.1) is 0 Å². The van der Waals surface area contributed by atoms with Gasteiger partial charge in [0.2, 0.25) is 0 Å². The molecule has 0 aromatic rings. The Balaban J connectivity index is 0.00000144. The van der Waals surface area contributed by atoms with Gasteiger partial charge in [0.15, 0.2) is 0 Å². The summed E-state index contributed by atoms with van der Waals surface area (Å²) in [4.78, 5) is 1.70. The number of alkyl halides is 2. The number of halogens is 3. The lowest BCUT2D eigenvalue weighted by Gasteiger charge is -2.35. The number of rotatable bonds is 2.